The van der Waals surface area contributed by atoms with Crippen LogP contribution in [0.3, 0.4) is 0 Å². The molecular formula is C24H23F2N7. The zero-order valence-electron chi connectivity index (χ0n) is 18.2. The maximum atomic E-state index is 14.7. The van der Waals surface area contributed by atoms with Crippen molar-refractivity contribution in [3.63, 3.8) is 0 Å². The van der Waals surface area contributed by atoms with Crippen molar-refractivity contribution in [3.8, 4) is 11.3 Å². The molecule has 0 radical (unpaired) electrons. The summed E-state index contributed by atoms with van der Waals surface area (Å²) in [7, 11) is 0. The molecule has 168 valence electrons. The number of nitrogens with one attached hydrogen (secondary N) is 1. The van der Waals surface area contributed by atoms with Gasteiger partial charge in [0.2, 0.25) is 5.95 Å². The molecule has 1 aliphatic rings. The van der Waals surface area contributed by atoms with Gasteiger partial charge in [-0.05, 0) is 30.8 Å². The van der Waals surface area contributed by atoms with Gasteiger partial charge < -0.3 is 15.1 Å². The van der Waals surface area contributed by atoms with Gasteiger partial charge in [-0.15, -0.1) is 0 Å². The second-order valence-corrected chi connectivity index (χ2v) is 7.87. The Balaban J connectivity index is 1.36. The van der Waals surface area contributed by atoms with Crippen molar-refractivity contribution < 1.29 is 8.78 Å². The molecule has 4 heterocycles. The number of aromatic nitrogens is 4. The number of hydrogen-bond donors (Lipinski definition) is 1. The zero-order chi connectivity index (χ0) is 22.8. The molecule has 1 aromatic carbocycles. The molecule has 1 aliphatic heterocycles. The smallest absolute Gasteiger partial charge is 0.229 e. The molecule has 7 nitrogen and oxygen atoms in total. The molecule has 33 heavy (non-hydrogen) atoms. The van der Waals surface area contributed by atoms with E-state index in [0.29, 0.717) is 16.7 Å². The highest BCUT2D eigenvalue weighted by molar-refractivity contribution is 5.84. The van der Waals surface area contributed by atoms with Crippen LogP contribution in [0.2, 0.25) is 0 Å². The highest BCUT2D eigenvalue weighted by atomic mass is 19.1. The van der Waals surface area contributed by atoms with Crippen LogP contribution >= 0.6 is 0 Å². The van der Waals surface area contributed by atoms with Crippen molar-refractivity contribution in [1.82, 2.24) is 24.8 Å². The lowest BCUT2D eigenvalue weighted by Gasteiger charge is -2.35. The quantitative estimate of drug-likeness (QED) is 0.490. The first kappa shape index (κ1) is 21.1. The first-order valence-corrected chi connectivity index (χ1v) is 10.9. The fourth-order valence-electron chi connectivity index (χ4n) is 3.98. The van der Waals surface area contributed by atoms with E-state index in [2.05, 4.69) is 42.0 Å². The predicted octanol–water partition coefficient (Wildman–Crippen LogP) is 4.25. The Morgan fingerprint density at radius 1 is 0.939 bits per heavy atom. The van der Waals surface area contributed by atoms with Crippen molar-refractivity contribution in [2.45, 2.75) is 6.92 Å². The lowest BCUT2D eigenvalue weighted by Crippen LogP contribution is -2.46. The summed E-state index contributed by atoms with van der Waals surface area (Å²) in [6.45, 7) is 7.22. The normalized spacial score (nSPS) is 14.6. The van der Waals surface area contributed by atoms with Gasteiger partial charge >= 0.3 is 0 Å². The van der Waals surface area contributed by atoms with Gasteiger partial charge in [0.05, 0.1) is 23.6 Å². The van der Waals surface area contributed by atoms with Gasteiger partial charge in [0.25, 0.3) is 0 Å². The van der Waals surface area contributed by atoms with Gasteiger partial charge in [0.1, 0.15) is 17.3 Å². The van der Waals surface area contributed by atoms with E-state index in [1.54, 1.807) is 24.5 Å². The van der Waals surface area contributed by atoms with E-state index in [0.717, 1.165) is 44.6 Å². The summed E-state index contributed by atoms with van der Waals surface area (Å²) in [5.74, 6) is -0.659. The van der Waals surface area contributed by atoms with Crippen LogP contribution in [0.5, 0.6) is 0 Å². The summed E-state index contributed by atoms with van der Waals surface area (Å²) in [5.41, 5.74) is 1.46. The first-order valence-electron chi connectivity index (χ1n) is 10.9. The summed E-state index contributed by atoms with van der Waals surface area (Å²) in [6.07, 6.45) is 4.40. The minimum Gasteiger partial charge on any atom is -0.368 e. The molecule has 0 spiro atoms. The number of hydrogen-bond acceptors (Lipinski definition) is 7. The van der Waals surface area contributed by atoms with Crippen LogP contribution in [0.4, 0.5) is 26.2 Å². The molecule has 1 N–H and O–H groups in total. The third-order valence-electron chi connectivity index (χ3n) is 5.86. The van der Waals surface area contributed by atoms with Crippen LogP contribution in [-0.4, -0.2) is 57.6 Å². The number of piperazine rings is 1. The predicted molar refractivity (Wildman–Crippen MR) is 125 cm³/mol. The average molecular weight is 447 g/mol. The largest absolute Gasteiger partial charge is 0.368 e. The first-order chi connectivity index (χ1) is 16.1. The van der Waals surface area contributed by atoms with Crippen LogP contribution in [0.15, 0.2) is 55.0 Å². The Hall–Kier alpha value is -3.72. The molecule has 0 unspecified atom stereocenters. The zero-order valence-corrected chi connectivity index (χ0v) is 18.2. The molecule has 5 rings (SSSR count). The molecule has 0 atom stereocenters. The van der Waals surface area contributed by atoms with Gasteiger partial charge in [0, 0.05) is 49.4 Å². The summed E-state index contributed by atoms with van der Waals surface area (Å²) in [4.78, 5) is 21.5. The maximum absolute atomic E-state index is 14.7. The molecule has 0 bridgehead atoms. The highest BCUT2D eigenvalue weighted by Gasteiger charge is 2.17. The number of nitrogens with zero attached hydrogens (tertiary/aromatic N) is 6. The molecule has 0 aliphatic carbocycles. The number of rotatable bonds is 5. The number of likely N-dealkylation sites (N-methyl/N-ethyl adjacent to an activating group) is 1. The summed E-state index contributed by atoms with van der Waals surface area (Å²) < 4.78 is 29.2. The lowest BCUT2D eigenvalue weighted by molar-refractivity contribution is 0.271. The molecule has 0 amide bonds. The second-order valence-electron chi connectivity index (χ2n) is 7.87. The second kappa shape index (κ2) is 9.03. The number of pyridine rings is 2. The van der Waals surface area contributed by atoms with E-state index >= 15 is 0 Å². The summed E-state index contributed by atoms with van der Waals surface area (Å²) in [5, 5.41) is 3.68. The van der Waals surface area contributed by atoms with Crippen LogP contribution in [0, 0.1) is 11.6 Å². The minimum atomic E-state index is -0.711. The van der Waals surface area contributed by atoms with Crippen molar-refractivity contribution >= 4 is 28.4 Å². The third-order valence-corrected chi connectivity index (χ3v) is 5.86. The Morgan fingerprint density at radius 3 is 2.55 bits per heavy atom. The number of anilines is 3. The Kier molecular flexibility index (Phi) is 5.78. The van der Waals surface area contributed by atoms with E-state index in [1.165, 1.54) is 12.1 Å². The monoisotopic (exact) mass is 447 g/mol. The van der Waals surface area contributed by atoms with Gasteiger partial charge in [-0.25, -0.2) is 23.7 Å². The third kappa shape index (κ3) is 4.45. The van der Waals surface area contributed by atoms with Gasteiger partial charge in [-0.3, -0.25) is 4.98 Å². The Bertz CT molecular complexity index is 1270. The lowest BCUT2D eigenvalue weighted by atomic mass is 10.1. The standard InChI is InChI=1S/C24H23F2N7/c1-2-32-8-10-33(11-9-32)17-5-6-22(28-14-17)30-24-29-15-20(26)23(31-24)18-12-16-4-3-7-27-21(16)13-19(18)25/h3-7,12-15H,2,8-11H2,1H3,(H,28,29,30,31). The SMILES string of the molecule is CCN1CCN(c2ccc(Nc3ncc(F)c(-c4cc5cccnc5cc4F)n3)nc2)CC1. The fourth-order valence-corrected chi connectivity index (χ4v) is 3.98. The van der Waals surface area contributed by atoms with E-state index in [4.69, 9.17) is 0 Å². The van der Waals surface area contributed by atoms with E-state index < -0.39 is 11.6 Å². The van der Waals surface area contributed by atoms with Crippen molar-refractivity contribution in [1.29, 1.82) is 0 Å². The van der Waals surface area contributed by atoms with Crippen LogP contribution < -0.4 is 10.2 Å². The summed E-state index contributed by atoms with van der Waals surface area (Å²) in [6, 6.07) is 10.2. The van der Waals surface area contributed by atoms with Crippen LogP contribution in [-0.2, 0) is 0 Å². The van der Waals surface area contributed by atoms with Crippen molar-refractivity contribution in [2.75, 3.05) is 42.9 Å². The van der Waals surface area contributed by atoms with E-state index in [1.807, 2.05) is 12.1 Å². The molecular weight excluding hydrogens is 424 g/mol. The van der Waals surface area contributed by atoms with Crippen molar-refractivity contribution in [3.05, 3.63) is 66.6 Å². The Labute approximate surface area is 190 Å². The fraction of sp³-hybridized carbons (Fsp3) is 0.250. The molecule has 1 saturated heterocycles. The molecule has 3 aromatic heterocycles. The van der Waals surface area contributed by atoms with E-state index in [-0.39, 0.29) is 17.2 Å². The minimum absolute atomic E-state index is 0.0491. The molecule has 0 saturated carbocycles. The number of halogens is 2. The Morgan fingerprint density at radius 2 is 1.79 bits per heavy atom. The highest BCUT2D eigenvalue weighted by Crippen LogP contribution is 2.28. The van der Waals surface area contributed by atoms with Crippen molar-refractivity contribution in [2.24, 2.45) is 0 Å². The molecule has 1 fully saturated rings. The molecule has 9 heteroatoms. The number of fused-ring (bicyclic) bond motifs is 1. The van der Waals surface area contributed by atoms with Gasteiger partial charge in [-0.2, -0.15) is 0 Å². The maximum Gasteiger partial charge on any atom is 0.229 e. The topological polar surface area (TPSA) is 70.1 Å². The van der Waals surface area contributed by atoms with Crippen LogP contribution in [0.25, 0.3) is 22.2 Å². The van der Waals surface area contributed by atoms with Gasteiger partial charge in [-0.1, -0.05) is 13.0 Å². The van der Waals surface area contributed by atoms with Gasteiger partial charge in [0.15, 0.2) is 5.82 Å². The summed E-state index contributed by atoms with van der Waals surface area (Å²) >= 11 is 0. The van der Waals surface area contributed by atoms with Crippen LogP contribution in [0.1, 0.15) is 6.92 Å². The molecule has 4 aromatic rings. The average Bonchev–Trinajstić information content (AvgIpc) is 2.85. The van der Waals surface area contributed by atoms with E-state index in [9.17, 15) is 8.78 Å². The number of benzene rings is 1.